The Labute approximate surface area is 54.6 Å². The van der Waals surface area contributed by atoms with Crippen LogP contribution in [0.25, 0.3) is 0 Å². The maximum atomic E-state index is 10.9. The van der Waals surface area contributed by atoms with Crippen LogP contribution in [0.15, 0.2) is 0 Å². The van der Waals surface area contributed by atoms with Crippen LogP contribution in [-0.4, -0.2) is 5.91 Å². The minimum absolute atomic E-state index is 0.0324. The van der Waals surface area contributed by atoms with Gasteiger partial charge in [0.05, 0.1) is 5.41 Å². The van der Waals surface area contributed by atoms with Crippen LogP contribution >= 0.6 is 0 Å². The minimum Gasteiger partial charge on any atom is -0.294 e. The Kier molecular flexibility index (Phi) is 1.24. The van der Waals surface area contributed by atoms with Crippen molar-refractivity contribution in [2.75, 3.05) is 0 Å². The summed E-state index contributed by atoms with van der Waals surface area (Å²) in [7, 11) is 0. The summed E-state index contributed by atoms with van der Waals surface area (Å²) in [5.74, 6) is 5.43. The molecule has 1 saturated carbocycles. The highest BCUT2D eigenvalue weighted by Crippen LogP contribution is 2.51. The van der Waals surface area contributed by atoms with E-state index in [0.29, 0.717) is 5.92 Å². The fraction of sp³-hybridized carbons (Fsp3) is 0.833. The summed E-state index contributed by atoms with van der Waals surface area (Å²) < 4.78 is 0. The number of hydrogen-bond acceptors (Lipinski definition) is 2. The molecule has 0 aliphatic heterocycles. The highest BCUT2D eigenvalue weighted by Gasteiger charge is 2.52. The van der Waals surface area contributed by atoms with Crippen molar-refractivity contribution < 1.29 is 4.79 Å². The first kappa shape index (κ1) is 6.55. The summed E-state index contributed by atoms with van der Waals surface area (Å²) in [6, 6.07) is 0. The molecule has 1 rings (SSSR count). The van der Waals surface area contributed by atoms with Gasteiger partial charge in [-0.15, -0.1) is 0 Å². The third-order valence-corrected chi connectivity index (χ3v) is 2.31. The summed E-state index contributed by atoms with van der Waals surface area (Å²) >= 11 is 0. The van der Waals surface area contributed by atoms with Crippen LogP contribution in [0, 0.1) is 11.3 Å². The molecular weight excluding hydrogens is 116 g/mol. The van der Waals surface area contributed by atoms with E-state index >= 15 is 0 Å². The molecule has 0 radical (unpaired) electrons. The number of carbonyl (C=O) groups excluding carboxylic acids is 1. The molecular formula is C6H12N2O. The van der Waals surface area contributed by atoms with Crippen LogP contribution in [-0.2, 0) is 4.79 Å². The molecule has 0 heterocycles. The van der Waals surface area contributed by atoms with E-state index < -0.39 is 0 Å². The fourth-order valence-electron chi connectivity index (χ4n) is 1.06. The van der Waals surface area contributed by atoms with E-state index in [1.807, 2.05) is 6.92 Å². The fourth-order valence-corrected chi connectivity index (χ4v) is 1.06. The number of nitrogens with one attached hydrogen (secondary N) is 1. The van der Waals surface area contributed by atoms with E-state index in [9.17, 15) is 4.79 Å². The Bertz CT molecular complexity index is 146. The van der Waals surface area contributed by atoms with Crippen molar-refractivity contribution in [2.24, 2.45) is 17.2 Å². The average molecular weight is 128 g/mol. The van der Waals surface area contributed by atoms with Crippen molar-refractivity contribution >= 4 is 5.91 Å². The maximum absolute atomic E-state index is 10.9. The second kappa shape index (κ2) is 1.70. The molecule has 9 heavy (non-hydrogen) atoms. The van der Waals surface area contributed by atoms with E-state index in [1.165, 1.54) is 0 Å². The van der Waals surface area contributed by atoms with Gasteiger partial charge in [-0.25, -0.2) is 5.84 Å². The predicted octanol–water partition coefficient (Wildman–Crippen LogP) is 0.0224. The largest absolute Gasteiger partial charge is 0.294 e. The van der Waals surface area contributed by atoms with Crippen LogP contribution in [0.3, 0.4) is 0 Å². The van der Waals surface area contributed by atoms with E-state index in [-0.39, 0.29) is 11.3 Å². The predicted molar refractivity (Wildman–Crippen MR) is 34.2 cm³/mol. The Morgan fingerprint density at radius 2 is 2.33 bits per heavy atom. The zero-order valence-electron chi connectivity index (χ0n) is 5.77. The zero-order chi connectivity index (χ0) is 7.07. The highest BCUT2D eigenvalue weighted by molar-refractivity contribution is 5.84. The van der Waals surface area contributed by atoms with Gasteiger partial charge in [-0.1, -0.05) is 13.8 Å². The minimum atomic E-state index is -0.158. The van der Waals surface area contributed by atoms with Crippen LogP contribution in [0.4, 0.5) is 0 Å². The first-order valence-electron chi connectivity index (χ1n) is 3.12. The van der Waals surface area contributed by atoms with Crippen molar-refractivity contribution in [1.82, 2.24) is 5.43 Å². The normalized spacial score (nSPS) is 40.1. The SMILES string of the molecule is CC1CC1(C)C(=O)NN. The monoisotopic (exact) mass is 128 g/mol. The second-order valence-corrected chi connectivity index (χ2v) is 3.00. The Hall–Kier alpha value is -0.570. The van der Waals surface area contributed by atoms with E-state index in [2.05, 4.69) is 12.3 Å². The van der Waals surface area contributed by atoms with Crippen molar-refractivity contribution in [3.63, 3.8) is 0 Å². The van der Waals surface area contributed by atoms with Gasteiger partial charge in [-0.2, -0.15) is 0 Å². The van der Waals surface area contributed by atoms with Gasteiger partial charge in [0.25, 0.3) is 0 Å². The van der Waals surface area contributed by atoms with Crippen LogP contribution in [0.5, 0.6) is 0 Å². The lowest BCUT2D eigenvalue weighted by molar-refractivity contribution is -0.126. The molecule has 3 heteroatoms. The van der Waals surface area contributed by atoms with Gasteiger partial charge < -0.3 is 0 Å². The maximum Gasteiger partial charge on any atom is 0.240 e. The van der Waals surface area contributed by atoms with E-state index in [0.717, 1.165) is 6.42 Å². The molecule has 0 aromatic rings. The number of hydrazine groups is 1. The summed E-state index contributed by atoms with van der Waals surface area (Å²) in [5, 5.41) is 0. The molecule has 0 saturated heterocycles. The molecule has 2 atom stereocenters. The Morgan fingerprint density at radius 3 is 2.44 bits per heavy atom. The van der Waals surface area contributed by atoms with Gasteiger partial charge in [-0.05, 0) is 12.3 Å². The van der Waals surface area contributed by atoms with Crippen molar-refractivity contribution in [3.8, 4) is 0 Å². The molecule has 0 aromatic heterocycles. The topological polar surface area (TPSA) is 55.1 Å². The summed E-state index contributed by atoms with van der Waals surface area (Å²) in [5.41, 5.74) is 2.00. The smallest absolute Gasteiger partial charge is 0.240 e. The lowest BCUT2D eigenvalue weighted by Crippen LogP contribution is -2.36. The summed E-state index contributed by atoms with van der Waals surface area (Å²) in [6.07, 6.45) is 0.968. The first-order chi connectivity index (χ1) is 4.11. The lowest BCUT2D eigenvalue weighted by atomic mass is 10.1. The summed E-state index contributed by atoms with van der Waals surface area (Å²) in [6.45, 7) is 3.98. The molecule has 0 aromatic carbocycles. The van der Waals surface area contributed by atoms with Crippen LogP contribution in [0.2, 0.25) is 0 Å². The van der Waals surface area contributed by atoms with Gasteiger partial charge in [-0.3, -0.25) is 10.2 Å². The molecule has 0 spiro atoms. The summed E-state index contributed by atoms with van der Waals surface area (Å²) in [4.78, 5) is 10.9. The third-order valence-electron chi connectivity index (χ3n) is 2.31. The molecule has 0 bridgehead atoms. The van der Waals surface area contributed by atoms with Crippen molar-refractivity contribution in [3.05, 3.63) is 0 Å². The average Bonchev–Trinajstić information content (AvgIpc) is 2.41. The standard InChI is InChI=1S/C6H12N2O/c1-4-3-6(4,2)5(9)8-7/h4H,3,7H2,1-2H3,(H,8,9). The van der Waals surface area contributed by atoms with Crippen molar-refractivity contribution in [1.29, 1.82) is 0 Å². The molecule has 2 unspecified atom stereocenters. The lowest BCUT2D eigenvalue weighted by Gasteiger charge is -2.05. The molecule has 3 N–H and O–H groups in total. The molecule has 1 amide bonds. The van der Waals surface area contributed by atoms with Gasteiger partial charge in [0.15, 0.2) is 0 Å². The zero-order valence-corrected chi connectivity index (χ0v) is 5.77. The second-order valence-electron chi connectivity index (χ2n) is 3.00. The molecule has 1 aliphatic rings. The number of amides is 1. The third kappa shape index (κ3) is 0.812. The number of hydrogen-bond donors (Lipinski definition) is 2. The van der Waals surface area contributed by atoms with E-state index in [4.69, 9.17) is 5.84 Å². The highest BCUT2D eigenvalue weighted by atomic mass is 16.2. The molecule has 1 fully saturated rings. The molecule has 52 valence electrons. The quantitative estimate of drug-likeness (QED) is 0.297. The van der Waals surface area contributed by atoms with Gasteiger partial charge in [0, 0.05) is 0 Å². The van der Waals surface area contributed by atoms with Gasteiger partial charge in [0.1, 0.15) is 0 Å². The van der Waals surface area contributed by atoms with Gasteiger partial charge >= 0.3 is 0 Å². The molecule has 1 aliphatic carbocycles. The number of rotatable bonds is 1. The molecule has 3 nitrogen and oxygen atoms in total. The number of nitrogens with two attached hydrogens (primary N) is 1. The Morgan fingerprint density at radius 1 is 1.89 bits per heavy atom. The van der Waals surface area contributed by atoms with E-state index in [1.54, 1.807) is 0 Å². The number of carbonyl (C=O) groups is 1. The Balaban J connectivity index is 2.53. The van der Waals surface area contributed by atoms with Crippen LogP contribution < -0.4 is 11.3 Å². The van der Waals surface area contributed by atoms with Gasteiger partial charge in [0.2, 0.25) is 5.91 Å². The van der Waals surface area contributed by atoms with Crippen molar-refractivity contribution in [2.45, 2.75) is 20.3 Å². The van der Waals surface area contributed by atoms with Crippen LogP contribution in [0.1, 0.15) is 20.3 Å². The first-order valence-corrected chi connectivity index (χ1v) is 3.12.